The van der Waals surface area contributed by atoms with Crippen molar-refractivity contribution in [1.29, 1.82) is 0 Å². The summed E-state index contributed by atoms with van der Waals surface area (Å²) in [4.78, 5) is 25.2. The molecule has 24 heavy (non-hydrogen) atoms. The van der Waals surface area contributed by atoms with Crippen molar-refractivity contribution in [2.45, 2.75) is 38.1 Å². The fraction of sp³-hybridized carbons (Fsp3) is 0.500. The Kier molecular flexibility index (Phi) is 6.13. The summed E-state index contributed by atoms with van der Waals surface area (Å²) in [5.74, 6) is -0.741. The number of benzene rings is 1. The fourth-order valence-corrected chi connectivity index (χ4v) is 3.33. The Bertz CT molecular complexity index is 734. The summed E-state index contributed by atoms with van der Waals surface area (Å²) in [6, 6.07) is 4.34. The van der Waals surface area contributed by atoms with Crippen LogP contribution in [0.1, 0.15) is 36.7 Å². The molecule has 0 spiro atoms. The molecule has 1 aromatic carbocycles. The highest BCUT2D eigenvalue weighted by atomic mass is 32.2. The van der Waals surface area contributed by atoms with Crippen LogP contribution in [0.4, 0.5) is 0 Å². The number of aryl methyl sites for hydroxylation is 1. The number of amides is 2. The number of sulfonamides is 1. The highest BCUT2D eigenvalue weighted by Crippen LogP contribution is 2.17. The van der Waals surface area contributed by atoms with Gasteiger partial charge in [0, 0.05) is 25.2 Å². The quantitative estimate of drug-likeness (QED) is 0.820. The summed E-state index contributed by atoms with van der Waals surface area (Å²) in [5, 5.41) is 2.50. The molecule has 0 radical (unpaired) electrons. The van der Waals surface area contributed by atoms with Crippen LogP contribution < -0.4 is 10.0 Å². The minimum Gasteiger partial charge on any atom is -0.347 e. The molecule has 0 saturated heterocycles. The molecule has 0 heterocycles. The first-order chi connectivity index (χ1) is 10.8. The van der Waals surface area contributed by atoms with Crippen LogP contribution in [0.15, 0.2) is 23.1 Å². The number of rotatable bonds is 5. The van der Waals surface area contributed by atoms with E-state index in [1.165, 1.54) is 17.0 Å². The molecule has 0 aliphatic rings. The molecule has 0 atom stereocenters. The molecule has 1 rings (SSSR count). The van der Waals surface area contributed by atoms with Gasteiger partial charge in [0.25, 0.3) is 5.91 Å². The van der Waals surface area contributed by atoms with Crippen molar-refractivity contribution in [3.8, 4) is 0 Å². The molecule has 1 aromatic rings. The first-order valence-electron chi connectivity index (χ1n) is 7.46. The van der Waals surface area contributed by atoms with Gasteiger partial charge in [-0.05, 0) is 45.4 Å². The molecule has 0 fully saturated rings. The van der Waals surface area contributed by atoms with Crippen LogP contribution in [0.25, 0.3) is 0 Å². The van der Waals surface area contributed by atoms with Crippen LogP contribution in [0.3, 0.4) is 0 Å². The van der Waals surface area contributed by atoms with Crippen LogP contribution >= 0.6 is 0 Å². The third-order valence-corrected chi connectivity index (χ3v) is 4.86. The zero-order valence-electron chi connectivity index (χ0n) is 14.9. The molecule has 2 N–H and O–H groups in total. The van der Waals surface area contributed by atoms with Gasteiger partial charge in [-0.2, -0.15) is 0 Å². The second-order valence-corrected chi connectivity index (χ2v) is 8.49. The molecular formula is C16H25N3O4S. The Hall–Kier alpha value is -1.93. The zero-order valence-corrected chi connectivity index (χ0v) is 15.7. The van der Waals surface area contributed by atoms with Gasteiger partial charge in [-0.15, -0.1) is 0 Å². The normalized spacial score (nSPS) is 11.9. The van der Waals surface area contributed by atoms with E-state index in [0.29, 0.717) is 5.56 Å². The van der Waals surface area contributed by atoms with E-state index in [1.807, 2.05) is 0 Å². The summed E-state index contributed by atoms with van der Waals surface area (Å²) < 4.78 is 27.3. The van der Waals surface area contributed by atoms with Crippen LogP contribution in [0, 0.1) is 6.92 Å². The Morgan fingerprint density at radius 3 is 2.25 bits per heavy atom. The number of nitrogens with one attached hydrogen (secondary N) is 2. The maximum absolute atomic E-state index is 12.4. The van der Waals surface area contributed by atoms with E-state index >= 15 is 0 Å². The Morgan fingerprint density at radius 1 is 1.17 bits per heavy atom. The Labute approximate surface area is 143 Å². The number of hydrogen-bond donors (Lipinski definition) is 2. The molecular weight excluding hydrogens is 330 g/mol. The molecule has 0 saturated carbocycles. The predicted octanol–water partition coefficient (Wildman–Crippen LogP) is 0.890. The second-order valence-electron chi connectivity index (χ2n) is 6.80. The van der Waals surface area contributed by atoms with E-state index in [2.05, 4.69) is 10.0 Å². The van der Waals surface area contributed by atoms with Crippen LogP contribution in [0.5, 0.6) is 0 Å². The zero-order chi connectivity index (χ0) is 18.7. The lowest BCUT2D eigenvalue weighted by Crippen LogP contribution is -2.40. The first kappa shape index (κ1) is 20.1. The molecule has 7 nitrogen and oxygen atoms in total. The maximum atomic E-state index is 12.4. The smallest absolute Gasteiger partial charge is 0.252 e. The molecule has 0 bridgehead atoms. The van der Waals surface area contributed by atoms with Crippen molar-refractivity contribution in [3.05, 3.63) is 29.3 Å². The lowest BCUT2D eigenvalue weighted by Gasteiger charge is -2.20. The average Bonchev–Trinajstić information content (AvgIpc) is 2.41. The third-order valence-electron chi connectivity index (χ3n) is 3.10. The lowest BCUT2D eigenvalue weighted by atomic mass is 10.1. The number of carbonyl (C=O) groups excluding carboxylic acids is 2. The van der Waals surface area contributed by atoms with Crippen molar-refractivity contribution in [2.75, 3.05) is 20.6 Å². The van der Waals surface area contributed by atoms with Crippen molar-refractivity contribution < 1.29 is 18.0 Å². The predicted molar refractivity (Wildman–Crippen MR) is 92.3 cm³/mol. The Balaban J connectivity index is 3.06. The topological polar surface area (TPSA) is 95.6 Å². The van der Waals surface area contributed by atoms with E-state index < -0.39 is 21.5 Å². The second kappa shape index (κ2) is 7.31. The monoisotopic (exact) mass is 355 g/mol. The molecule has 0 aromatic heterocycles. The largest absolute Gasteiger partial charge is 0.347 e. The number of hydrogen-bond acceptors (Lipinski definition) is 4. The van der Waals surface area contributed by atoms with E-state index in [9.17, 15) is 18.0 Å². The molecule has 8 heteroatoms. The summed E-state index contributed by atoms with van der Waals surface area (Å²) >= 11 is 0. The number of carbonyl (C=O) groups is 2. The molecule has 0 aliphatic carbocycles. The van der Waals surface area contributed by atoms with Gasteiger partial charge in [-0.1, -0.05) is 6.07 Å². The van der Waals surface area contributed by atoms with Gasteiger partial charge >= 0.3 is 0 Å². The van der Waals surface area contributed by atoms with Crippen LogP contribution in [0.2, 0.25) is 0 Å². The Morgan fingerprint density at radius 2 is 1.75 bits per heavy atom. The van der Waals surface area contributed by atoms with E-state index in [0.717, 1.165) is 0 Å². The van der Waals surface area contributed by atoms with Gasteiger partial charge in [0.05, 0.1) is 11.4 Å². The van der Waals surface area contributed by atoms with Gasteiger partial charge in [0.15, 0.2) is 0 Å². The number of likely N-dealkylation sites (N-methyl/N-ethyl adjacent to an activating group) is 1. The molecule has 2 amide bonds. The highest BCUT2D eigenvalue weighted by molar-refractivity contribution is 7.89. The molecule has 0 unspecified atom stereocenters. The lowest BCUT2D eigenvalue weighted by molar-refractivity contribution is -0.127. The van der Waals surface area contributed by atoms with Crippen molar-refractivity contribution in [3.63, 3.8) is 0 Å². The highest BCUT2D eigenvalue weighted by Gasteiger charge is 2.23. The van der Waals surface area contributed by atoms with E-state index in [4.69, 9.17) is 0 Å². The summed E-state index contributed by atoms with van der Waals surface area (Å²) in [6.07, 6.45) is 0. The van der Waals surface area contributed by atoms with Gasteiger partial charge in [0.1, 0.15) is 0 Å². The SMILES string of the molecule is Cc1ccc(S(=O)(=O)NC(C)(C)C)cc1C(=O)NCC(=O)N(C)C. The molecule has 134 valence electrons. The van der Waals surface area contributed by atoms with Crippen LogP contribution in [-0.4, -0.2) is 51.3 Å². The van der Waals surface area contributed by atoms with E-state index in [-0.39, 0.29) is 22.9 Å². The summed E-state index contributed by atoms with van der Waals surface area (Å²) in [6.45, 7) is 6.76. The van der Waals surface area contributed by atoms with E-state index in [1.54, 1.807) is 47.9 Å². The standard InChI is InChI=1S/C16H25N3O4S/c1-11-7-8-12(24(22,23)18-16(2,3)4)9-13(11)15(21)17-10-14(20)19(5)6/h7-9,18H,10H2,1-6H3,(H,17,21). The van der Waals surface area contributed by atoms with Gasteiger partial charge < -0.3 is 10.2 Å². The fourth-order valence-electron chi connectivity index (χ4n) is 1.88. The molecule has 0 aliphatic heterocycles. The minimum atomic E-state index is -3.74. The van der Waals surface area contributed by atoms with Gasteiger partial charge in [-0.3, -0.25) is 9.59 Å². The van der Waals surface area contributed by atoms with Crippen molar-refractivity contribution >= 4 is 21.8 Å². The van der Waals surface area contributed by atoms with Crippen molar-refractivity contribution in [2.24, 2.45) is 0 Å². The first-order valence-corrected chi connectivity index (χ1v) is 8.95. The third kappa shape index (κ3) is 5.61. The average molecular weight is 355 g/mol. The maximum Gasteiger partial charge on any atom is 0.252 e. The van der Waals surface area contributed by atoms with Crippen LogP contribution in [-0.2, 0) is 14.8 Å². The summed E-state index contributed by atoms with van der Waals surface area (Å²) in [5.41, 5.74) is 0.211. The van der Waals surface area contributed by atoms with Crippen molar-refractivity contribution in [1.82, 2.24) is 14.9 Å². The van der Waals surface area contributed by atoms with Gasteiger partial charge in [0.2, 0.25) is 15.9 Å². The number of nitrogens with zero attached hydrogens (tertiary/aromatic N) is 1. The summed E-state index contributed by atoms with van der Waals surface area (Å²) in [7, 11) is -0.564. The van der Waals surface area contributed by atoms with Gasteiger partial charge in [-0.25, -0.2) is 13.1 Å². The minimum absolute atomic E-state index is 0.00658.